The Kier molecular flexibility index (Phi) is 8.77. The maximum atomic E-state index is 14.3. The molecule has 4 aromatic rings. The molecule has 234 valence electrons. The van der Waals surface area contributed by atoms with E-state index in [2.05, 4.69) is 19.6 Å². The van der Waals surface area contributed by atoms with E-state index in [1.54, 1.807) is 23.2 Å². The number of ketones is 1. The molecule has 10 nitrogen and oxygen atoms in total. The van der Waals surface area contributed by atoms with Crippen molar-refractivity contribution in [3.8, 4) is 17.0 Å². The topological polar surface area (TPSA) is 122 Å². The second-order valence-corrected chi connectivity index (χ2v) is 12.0. The lowest BCUT2D eigenvalue weighted by atomic mass is 10.0. The number of hydrogen-bond donors (Lipinski definition) is 1. The van der Waals surface area contributed by atoms with Gasteiger partial charge < -0.3 is 14.5 Å². The molecule has 1 atom stereocenters. The van der Waals surface area contributed by atoms with Crippen LogP contribution in [0.4, 0.5) is 24.5 Å². The number of rotatable bonds is 8. The van der Waals surface area contributed by atoms with Crippen LogP contribution in [-0.4, -0.2) is 67.8 Å². The van der Waals surface area contributed by atoms with Gasteiger partial charge >= 0.3 is 0 Å². The van der Waals surface area contributed by atoms with Crippen LogP contribution >= 0.6 is 0 Å². The number of sulfonamides is 1. The van der Waals surface area contributed by atoms with Crippen molar-refractivity contribution in [1.29, 1.82) is 0 Å². The lowest BCUT2D eigenvalue weighted by molar-refractivity contribution is -0.127. The maximum absolute atomic E-state index is 14.3. The van der Waals surface area contributed by atoms with Crippen molar-refractivity contribution in [2.75, 3.05) is 36.4 Å². The van der Waals surface area contributed by atoms with Crippen LogP contribution < -0.4 is 14.4 Å². The molecule has 5 rings (SSSR count). The molecule has 1 N–H and O–H groups in total. The van der Waals surface area contributed by atoms with Gasteiger partial charge in [0, 0.05) is 72.9 Å². The molecule has 1 aliphatic rings. The number of piperazine rings is 1. The average molecular weight is 640 g/mol. The summed E-state index contributed by atoms with van der Waals surface area (Å²) in [5.41, 5.74) is 2.44. The van der Waals surface area contributed by atoms with Crippen LogP contribution in [-0.2, 0) is 19.6 Å². The summed E-state index contributed by atoms with van der Waals surface area (Å²) in [6.45, 7) is 4.77. The number of hydrogen-bond acceptors (Lipinski definition) is 8. The fourth-order valence-corrected chi connectivity index (χ4v) is 6.37. The van der Waals surface area contributed by atoms with Crippen molar-refractivity contribution in [2.24, 2.45) is 0 Å². The standard InChI is InChI=1S/C31H28F3N5O5S/c1-18-17-38(29(41)7-4-19(2)40)10-11-39(18)28-8-9-35-26-6-5-20(12-23(26)28)21-13-27(31(44-3)36-16-21)37-45(42,43)30-24(33)14-22(32)15-25(30)34/h4-9,12-16,18,37H,10-11,17H2,1-3H3/b7-4+/t18-/m0/s1. The minimum Gasteiger partial charge on any atom is -0.480 e. The third kappa shape index (κ3) is 6.60. The summed E-state index contributed by atoms with van der Waals surface area (Å²) in [4.78, 5) is 34.9. The highest BCUT2D eigenvalue weighted by Gasteiger charge is 2.28. The number of pyridine rings is 2. The molecule has 14 heteroatoms. The van der Waals surface area contributed by atoms with Crippen molar-refractivity contribution in [3.05, 3.63) is 84.5 Å². The number of halogens is 3. The molecule has 1 fully saturated rings. The number of aromatic nitrogens is 2. The van der Waals surface area contributed by atoms with Gasteiger partial charge in [-0.25, -0.2) is 26.6 Å². The number of carbonyl (C=O) groups is 2. The van der Waals surface area contributed by atoms with Crippen molar-refractivity contribution in [3.63, 3.8) is 0 Å². The fourth-order valence-electron chi connectivity index (χ4n) is 5.20. The highest BCUT2D eigenvalue weighted by Crippen LogP contribution is 2.35. The van der Waals surface area contributed by atoms with Gasteiger partial charge in [-0.2, -0.15) is 0 Å². The van der Waals surface area contributed by atoms with Crippen LogP contribution in [0.5, 0.6) is 5.88 Å². The molecule has 1 aliphatic heterocycles. The zero-order valence-electron chi connectivity index (χ0n) is 24.4. The molecular weight excluding hydrogens is 611 g/mol. The van der Waals surface area contributed by atoms with Crippen LogP contribution in [0.3, 0.4) is 0 Å². The van der Waals surface area contributed by atoms with E-state index in [4.69, 9.17) is 4.74 Å². The first kappa shape index (κ1) is 31.4. The van der Waals surface area contributed by atoms with Crippen LogP contribution in [0.2, 0.25) is 0 Å². The minimum atomic E-state index is -4.86. The van der Waals surface area contributed by atoms with Gasteiger partial charge in [-0.3, -0.25) is 19.3 Å². The van der Waals surface area contributed by atoms with Gasteiger partial charge in [0.05, 0.1) is 12.6 Å². The molecule has 3 heterocycles. The van der Waals surface area contributed by atoms with Gasteiger partial charge in [0.2, 0.25) is 11.8 Å². The van der Waals surface area contributed by atoms with Crippen molar-refractivity contribution in [2.45, 2.75) is 24.8 Å². The molecule has 2 aromatic heterocycles. The molecule has 1 saturated heterocycles. The summed E-state index contributed by atoms with van der Waals surface area (Å²) >= 11 is 0. The molecule has 0 unspecified atom stereocenters. The number of nitrogens with one attached hydrogen (secondary N) is 1. The number of ether oxygens (including phenoxy) is 1. The average Bonchev–Trinajstić information content (AvgIpc) is 2.98. The third-order valence-corrected chi connectivity index (χ3v) is 8.70. The zero-order valence-corrected chi connectivity index (χ0v) is 25.2. The number of benzene rings is 2. The van der Waals surface area contributed by atoms with E-state index in [1.165, 1.54) is 38.4 Å². The molecular formula is C31H28F3N5O5S. The first-order chi connectivity index (χ1) is 21.4. The van der Waals surface area contributed by atoms with Crippen LogP contribution in [0, 0.1) is 17.5 Å². The van der Waals surface area contributed by atoms with E-state index in [0.717, 1.165) is 11.1 Å². The third-order valence-electron chi connectivity index (χ3n) is 7.28. The molecule has 0 bridgehead atoms. The number of allylic oxidation sites excluding steroid dienone is 1. The number of amides is 1. The predicted octanol–water partition coefficient (Wildman–Crippen LogP) is 4.71. The molecule has 0 spiro atoms. The maximum Gasteiger partial charge on any atom is 0.267 e. The fraction of sp³-hybridized carbons (Fsp3) is 0.226. The quantitative estimate of drug-likeness (QED) is 0.276. The van der Waals surface area contributed by atoms with Gasteiger partial charge in [-0.1, -0.05) is 6.07 Å². The summed E-state index contributed by atoms with van der Waals surface area (Å²) in [5, 5.41) is 0.784. The Hall–Kier alpha value is -4.98. The molecule has 0 radical (unpaired) electrons. The smallest absolute Gasteiger partial charge is 0.267 e. The van der Waals surface area contributed by atoms with Crippen molar-refractivity contribution < 1.29 is 35.9 Å². The number of carbonyl (C=O) groups excluding carboxylic acids is 2. The van der Waals surface area contributed by atoms with Crippen LogP contribution in [0.15, 0.2) is 71.9 Å². The van der Waals surface area contributed by atoms with Crippen molar-refractivity contribution in [1.82, 2.24) is 14.9 Å². The first-order valence-corrected chi connectivity index (χ1v) is 15.2. The summed E-state index contributed by atoms with van der Waals surface area (Å²) < 4.78 is 75.3. The molecule has 0 aliphatic carbocycles. The van der Waals surface area contributed by atoms with Gasteiger partial charge in [0.15, 0.2) is 10.7 Å². The van der Waals surface area contributed by atoms with Gasteiger partial charge in [-0.05, 0) is 49.8 Å². The highest BCUT2D eigenvalue weighted by atomic mass is 32.2. The summed E-state index contributed by atoms with van der Waals surface area (Å²) in [6, 6.07) is 9.17. The molecule has 1 amide bonds. The van der Waals surface area contributed by atoms with Gasteiger partial charge in [0.1, 0.15) is 23.1 Å². The molecule has 45 heavy (non-hydrogen) atoms. The SMILES string of the molecule is COc1ncc(-c2ccc3nccc(N4CCN(C(=O)/C=C/C(C)=O)C[C@@H]4C)c3c2)cc1NS(=O)(=O)c1c(F)cc(F)cc1F. The second-order valence-electron chi connectivity index (χ2n) is 10.4. The predicted molar refractivity (Wildman–Crippen MR) is 162 cm³/mol. The number of nitrogens with zero attached hydrogens (tertiary/aromatic N) is 4. The van der Waals surface area contributed by atoms with E-state index >= 15 is 0 Å². The summed E-state index contributed by atoms with van der Waals surface area (Å²) in [7, 11) is -3.61. The van der Waals surface area contributed by atoms with E-state index in [1.807, 2.05) is 19.1 Å². The lowest BCUT2D eigenvalue weighted by Crippen LogP contribution is -2.53. The van der Waals surface area contributed by atoms with E-state index in [0.29, 0.717) is 36.3 Å². The monoisotopic (exact) mass is 639 g/mol. The largest absolute Gasteiger partial charge is 0.480 e. The zero-order chi connectivity index (χ0) is 32.5. The van der Waals surface area contributed by atoms with Crippen LogP contribution in [0.1, 0.15) is 13.8 Å². The first-order valence-electron chi connectivity index (χ1n) is 13.7. The highest BCUT2D eigenvalue weighted by molar-refractivity contribution is 7.92. The Bertz CT molecular complexity index is 1930. The normalized spacial score (nSPS) is 15.5. The minimum absolute atomic E-state index is 0.0707. The van der Waals surface area contributed by atoms with E-state index in [9.17, 15) is 31.2 Å². The Morgan fingerprint density at radius 2 is 1.73 bits per heavy atom. The number of fused-ring (bicyclic) bond motifs is 1. The van der Waals surface area contributed by atoms with E-state index < -0.39 is 32.4 Å². The van der Waals surface area contributed by atoms with E-state index in [-0.39, 0.29) is 41.4 Å². The lowest BCUT2D eigenvalue weighted by Gasteiger charge is -2.41. The van der Waals surface area contributed by atoms with Crippen LogP contribution in [0.25, 0.3) is 22.0 Å². The molecule has 2 aromatic carbocycles. The summed E-state index contributed by atoms with van der Waals surface area (Å²) in [6.07, 6.45) is 5.67. The number of anilines is 2. The van der Waals surface area contributed by atoms with Gasteiger partial charge in [-0.15, -0.1) is 0 Å². The molecule has 0 saturated carbocycles. The Morgan fingerprint density at radius 3 is 2.40 bits per heavy atom. The number of methoxy groups -OCH3 is 1. The van der Waals surface area contributed by atoms with Crippen molar-refractivity contribution >= 4 is 44.0 Å². The summed E-state index contributed by atoms with van der Waals surface area (Å²) in [5.74, 6) is -5.05. The Morgan fingerprint density at radius 1 is 1.00 bits per heavy atom. The van der Waals surface area contributed by atoms with Gasteiger partial charge in [0.25, 0.3) is 10.0 Å². The Balaban J connectivity index is 1.47. The second kappa shape index (κ2) is 12.6. The Labute approximate surface area is 257 Å².